The Bertz CT molecular complexity index is 899. The smallest absolute Gasteiger partial charge is 0.256 e. The number of hydrogen-bond acceptors (Lipinski definition) is 9. The zero-order chi connectivity index (χ0) is 28.6. The van der Waals surface area contributed by atoms with E-state index in [-0.39, 0.29) is 58.0 Å². The molecular weight excluding hydrogens is 566 g/mol. The summed E-state index contributed by atoms with van der Waals surface area (Å²) in [6, 6.07) is -1.45. The van der Waals surface area contributed by atoms with Crippen LogP contribution in [0.25, 0.3) is 0 Å². The third kappa shape index (κ3) is 6.56. The van der Waals surface area contributed by atoms with Crippen molar-refractivity contribution in [2.75, 3.05) is 40.4 Å². The highest BCUT2D eigenvalue weighted by Gasteiger charge is 2.48. The summed E-state index contributed by atoms with van der Waals surface area (Å²) >= 11 is 8.08. The van der Waals surface area contributed by atoms with Gasteiger partial charge < -0.3 is 25.0 Å². The van der Waals surface area contributed by atoms with E-state index < -0.39 is 24.6 Å². The Morgan fingerprint density at radius 1 is 1.02 bits per heavy atom. The van der Waals surface area contributed by atoms with Crippen LogP contribution in [0.5, 0.6) is 0 Å². The first kappa shape index (κ1) is 30.7. The van der Waals surface area contributed by atoms with E-state index in [0.717, 1.165) is 12.8 Å². The van der Waals surface area contributed by atoms with Crippen molar-refractivity contribution in [3.63, 3.8) is 0 Å². The van der Waals surface area contributed by atoms with E-state index in [0.29, 0.717) is 45.1 Å². The lowest BCUT2D eigenvalue weighted by Gasteiger charge is -2.45. The average molecular weight is 609 g/mol. The Balaban J connectivity index is 1.14. The summed E-state index contributed by atoms with van der Waals surface area (Å²) in [5.41, 5.74) is -0.376. The van der Waals surface area contributed by atoms with Crippen LogP contribution in [0, 0.1) is 17.8 Å². The van der Waals surface area contributed by atoms with Gasteiger partial charge in [0.25, 0.3) is 6.43 Å². The Morgan fingerprint density at radius 2 is 1.80 bits per heavy atom. The van der Waals surface area contributed by atoms with Crippen molar-refractivity contribution in [3.8, 4) is 0 Å². The van der Waals surface area contributed by atoms with Crippen LogP contribution in [-0.2, 0) is 19.1 Å². The molecular formula is C26H43ClF2N6O4S. The molecule has 5 aliphatic rings. The van der Waals surface area contributed by atoms with Crippen molar-refractivity contribution < 1.29 is 27.8 Å². The molecule has 14 heteroatoms. The number of rotatable bonds is 7. The molecule has 0 bridgehead atoms. The second kappa shape index (κ2) is 13.2. The summed E-state index contributed by atoms with van der Waals surface area (Å²) in [6.45, 7) is 4.44. The molecule has 10 nitrogen and oxygen atoms in total. The largest absolute Gasteiger partial charge is 0.380 e. The van der Waals surface area contributed by atoms with Crippen LogP contribution >= 0.6 is 23.4 Å². The number of carbonyl (C=O) groups excluding carboxylic acids is 2. The molecule has 2 amide bonds. The number of methoxy groups -OCH3 is 2. The predicted octanol–water partition coefficient (Wildman–Crippen LogP) is 0.506. The zero-order valence-corrected chi connectivity index (χ0v) is 24.9. The van der Waals surface area contributed by atoms with Gasteiger partial charge in [-0.25, -0.2) is 8.78 Å². The number of ether oxygens (including phenoxy) is 2. The van der Waals surface area contributed by atoms with Crippen molar-refractivity contribution in [3.05, 3.63) is 0 Å². The number of fused-ring (bicyclic) bond motifs is 1. The third-order valence-corrected chi connectivity index (χ3v) is 11.1. The van der Waals surface area contributed by atoms with Crippen LogP contribution in [0.3, 0.4) is 0 Å². The van der Waals surface area contributed by atoms with Crippen molar-refractivity contribution in [2.45, 2.75) is 91.7 Å². The molecule has 0 aliphatic carbocycles. The average Bonchev–Trinajstić information content (AvgIpc) is 3.51. The van der Waals surface area contributed by atoms with Gasteiger partial charge >= 0.3 is 0 Å². The van der Waals surface area contributed by atoms with Gasteiger partial charge in [-0.2, -0.15) is 0 Å². The fourth-order valence-electron chi connectivity index (χ4n) is 7.29. The molecule has 0 aromatic rings. The summed E-state index contributed by atoms with van der Waals surface area (Å²) < 4.78 is 38.0. The predicted molar refractivity (Wildman–Crippen MR) is 149 cm³/mol. The minimum absolute atomic E-state index is 0.0115. The number of hydrogen-bond donors (Lipinski definition) is 5. The van der Waals surface area contributed by atoms with Crippen LogP contribution in [0.4, 0.5) is 8.78 Å². The number of piperidine rings is 3. The van der Waals surface area contributed by atoms with E-state index in [4.69, 9.17) is 21.1 Å². The van der Waals surface area contributed by atoms with Crippen LogP contribution < -0.4 is 26.6 Å². The Kier molecular flexibility index (Phi) is 10.1. The molecule has 5 N–H and O–H groups in total. The number of nitrogens with zero attached hydrogens (tertiary/aromatic N) is 1. The molecule has 0 aromatic carbocycles. The van der Waals surface area contributed by atoms with Crippen molar-refractivity contribution in [1.82, 2.24) is 31.5 Å². The van der Waals surface area contributed by atoms with Gasteiger partial charge in [-0.1, -0.05) is 0 Å². The lowest BCUT2D eigenvalue weighted by molar-refractivity contribution is -0.135. The molecule has 0 spiro atoms. The fraction of sp³-hybridized carbons (Fsp3) is 0.923. The van der Waals surface area contributed by atoms with E-state index >= 15 is 0 Å². The first-order chi connectivity index (χ1) is 19.2. The third-order valence-electron chi connectivity index (χ3n) is 9.45. The Labute approximate surface area is 244 Å². The molecule has 0 aromatic heterocycles. The molecule has 12 atom stereocenters. The topological polar surface area (TPSA) is 116 Å². The van der Waals surface area contributed by atoms with Gasteiger partial charge in [0.05, 0.1) is 35.7 Å². The molecule has 5 saturated heterocycles. The quantitative estimate of drug-likeness (QED) is 0.208. The standard InChI is InChI=1S/C26H43ClF2N6O4S/c1-12-6-13(14-7-21(27)31-9-19(14)39-3)15(8-30-12)24(36)34-26-33-17-10-35(11-20(17)40-26)25(37)16-4-5-18(38-2)22(32-16)23(28)29/h12-23,26,30-33H,4-11H2,1-3H3,(H,34,36). The summed E-state index contributed by atoms with van der Waals surface area (Å²) in [7, 11) is 3.14. The van der Waals surface area contributed by atoms with Gasteiger partial charge in [-0.05, 0) is 44.4 Å². The maximum Gasteiger partial charge on any atom is 0.256 e. The van der Waals surface area contributed by atoms with Crippen LogP contribution in [0.1, 0.15) is 32.6 Å². The number of alkyl halides is 3. The highest BCUT2D eigenvalue weighted by Crippen LogP contribution is 2.38. The second-order valence-corrected chi connectivity index (χ2v) is 13.8. The number of carbonyl (C=O) groups is 2. The van der Waals surface area contributed by atoms with Crippen molar-refractivity contribution in [1.29, 1.82) is 0 Å². The van der Waals surface area contributed by atoms with E-state index in [1.807, 2.05) is 0 Å². The lowest BCUT2D eigenvalue weighted by atomic mass is 9.70. The lowest BCUT2D eigenvalue weighted by Crippen LogP contribution is -2.59. The Hall–Kier alpha value is -0.800. The van der Waals surface area contributed by atoms with Gasteiger partial charge in [0.2, 0.25) is 11.8 Å². The molecule has 5 fully saturated rings. The number of amides is 2. The van der Waals surface area contributed by atoms with Crippen LogP contribution in [0.2, 0.25) is 0 Å². The maximum absolute atomic E-state index is 13.6. The second-order valence-electron chi connectivity index (χ2n) is 11.9. The highest BCUT2D eigenvalue weighted by molar-refractivity contribution is 8.00. The van der Waals surface area contributed by atoms with Crippen molar-refractivity contribution in [2.24, 2.45) is 17.8 Å². The number of halogens is 3. The van der Waals surface area contributed by atoms with Crippen molar-refractivity contribution >= 4 is 35.2 Å². The maximum atomic E-state index is 13.6. The summed E-state index contributed by atoms with van der Waals surface area (Å²) in [5, 5.41) is 16.4. The summed E-state index contributed by atoms with van der Waals surface area (Å²) in [5.74, 6) is 0.0163. The molecule has 5 aliphatic heterocycles. The van der Waals surface area contributed by atoms with Crippen LogP contribution in [0.15, 0.2) is 0 Å². The first-order valence-corrected chi connectivity index (χ1v) is 15.8. The van der Waals surface area contributed by atoms with Gasteiger partial charge in [0.1, 0.15) is 5.50 Å². The van der Waals surface area contributed by atoms with Gasteiger partial charge in [0.15, 0.2) is 0 Å². The van der Waals surface area contributed by atoms with E-state index in [1.165, 1.54) is 7.11 Å². The SMILES string of the molecule is COC1CNC(Cl)CC1C1CC(C)NCC1C(=O)NC1NC2CN(C(=O)C3CCC(OC)C(C(F)F)N3)CC2S1. The highest BCUT2D eigenvalue weighted by atomic mass is 35.5. The monoisotopic (exact) mass is 608 g/mol. The molecule has 0 saturated carbocycles. The number of nitrogens with one attached hydrogen (secondary N) is 5. The molecule has 12 unspecified atom stereocenters. The normalized spacial score (nSPS) is 44.0. The summed E-state index contributed by atoms with van der Waals surface area (Å²) in [4.78, 5) is 28.5. The number of likely N-dealkylation sites (tertiary alicyclic amines) is 1. The van der Waals surface area contributed by atoms with Gasteiger partial charge in [-0.3, -0.25) is 25.5 Å². The molecule has 228 valence electrons. The first-order valence-electron chi connectivity index (χ1n) is 14.4. The summed E-state index contributed by atoms with van der Waals surface area (Å²) in [6.07, 6.45) is -0.672. The van der Waals surface area contributed by atoms with E-state index in [9.17, 15) is 18.4 Å². The molecule has 40 heavy (non-hydrogen) atoms. The van der Waals surface area contributed by atoms with E-state index in [1.54, 1.807) is 23.8 Å². The zero-order valence-electron chi connectivity index (χ0n) is 23.3. The van der Waals surface area contributed by atoms with E-state index in [2.05, 4.69) is 33.5 Å². The molecule has 5 heterocycles. The minimum atomic E-state index is -2.60. The van der Waals surface area contributed by atoms with Gasteiger partial charge in [-0.15, -0.1) is 23.4 Å². The minimum Gasteiger partial charge on any atom is -0.380 e. The Morgan fingerprint density at radius 3 is 2.50 bits per heavy atom. The molecule has 0 radical (unpaired) electrons. The van der Waals surface area contributed by atoms with Gasteiger partial charge in [0, 0.05) is 57.7 Å². The van der Waals surface area contributed by atoms with Crippen LogP contribution in [-0.4, -0.2) is 116 Å². The number of thioether (sulfide) groups is 1. The molecule has 5 rings (SSSR count). The fourth-order valence-corrected chi connectivity index (χ4v) is 9.00.